The van der Waals surface area contributed by atoms with E-state index in [-0.39, 0.29) is 0 Å². The molecule has 0 amide bonds. The largest absolute Gasteiger partial charge is 0.499 e. The van der Waals surface area contributed by atoms with Crippen LogP contribution in [0, 0.1) is 13.8 Å². The van der Waals surface area contributed by atoms with Gasteiger partial charge in [-0.1, -0.05) is 31.2 Å². The number of nitrogens with one attached hydrogen (secondary N) is 1. The quantitative estimate of drug-likeness (QED) is 0.672. The first kappa shape index (κ1) is 14.7. The SMILES string of the molecule is CC/C=C/OCC1CO1.Cc1[nH]c2ccccc2c1C. The Balaban J connectivity index is 0.000000151. The third kappa shape index (κ3) is 4.14. The maximum Gasteiger partial charge on any atom is 0.116 e. The van der Waals surface area contributed by atoms with E-state index in [1.807, 2.05) is 6.08 Å². The number of fused-ring (bicyclic) bond motifs is 1. The molecule has 1 aromatic carbocycles. The summed E-state index contributed by atoms with van der Waals surface area (Å²) in [5.74, 6) is 0. The van der Waals surface area contributed by atoms with Gasteiger partial charge < -0.3 is 14.5 Å². The number of epoxide rings is 1. The summed E-state index contributed by atoms with van der Waals surface area (Å²) < 4.78 is 10.0. The Morgan fingerprint density at radius 1 is 1.35 bits per heavy atom. The van der Waals surface area contributed by atoms with Crippen LogP contribution in [0.25, 0.3) is 10.9 Å². The summed E-state index contributed by atoms with van der Waals surface area (Å²) in [5.41, 5.74) is 3.87. The van der Waals surface area contributed by atoms with Crippen LogP contribution in [-0.2, 0) is 9.47 Å². The molecule has 1 unspecified atom stereocenters. The molecule has 3 nitrogen and oxygen atoms in total. The Morgan fingerprint density at radius 3 is 2.75 bits per heavy atom. The Hall–Kier alpha value is -1.74. The molecular formula is C17H23NO2. The molecule has 1 aliphatic heterocycles. The van der Waals surface area contributed by atoms with Gasteiger partial charge in [-0.25, -0.2) is 0 Å². The van der Waals surface area contributed by atoms with Crippen LogP contribution in [0.15, 0.2) is 36.6 Å². The van der Waals surface area contributed by atoms with Gasteiger partial charge in [-0.2, -0.15) is 0 Å². The molecule has 1 aromatic heterocycles. The van der Waals surface area contributed by atoms with Crippen LogP contribution >= 0.6 is 0 Å². The van der Waals surface area contributed by atoms with E-state index >= 15 is 0 Å². The Morgan fingerprint density at radius 2 is 2.10 bits per heavy atom. The van der Waals surface area contributed by atoms with Crippen molar-refractivity contribution < 1.29 is 9.47 Å². The average molecular weight is 273 g/mol. The van der Waals surface area contributed by atoms with Gasteiger partial charge in [0, 0.05) is 16.6 Å². The molecule has 0 aliphatic carbocycles. The molecule has 20 heavy (non-hydrogen) atoms. The highest BCUT2D eigenvalue weighted by Crippen LogP contribution is 2.19. The number of benzene rings is 1. The highest BCUT2D eigenvalue weighted by molar-refractivity contribution is 5.84. The Kier molecular flexibility index (Phi) is 5.24. The van der Waals surface area contributed by atoms with Gasteiger partial charge in [-0.05, 0) is 31.9 Å². The first-order valence-corrected chi connectivity index (χ1v) is 7.14. The highest BCUT2D eigenvalue weighted by atomic mass is 16.6. The third-order valence-corrected chi connectivity index (χ3v) is 3.33. The minimum Gasteiger partial charge on any atom is -0.499 e. The average Bonchev–Trinajstić information content (AvgIpc) is 3.24. The Bertz CT molecular complexity index is 567. The second-order valence-corrected chi connectivity index (χ2v) is 4.99. The van der Waals surface area contributed by atoms with E-state index in [0.717, 1.165) is 19.6 Å². The molecule has 108 valence electrons. The number of para-hydroxylation sites is 1. The van der Waals surface area contributed by atoms with Crippen molar-refractivity contribution in [2.24, 2.45) is 0 Å². The molecule has 3 heteroatoms. The lowest BCUT2D eigenvalue weighted by molar-refractivity contribution is 0.212. The van der Waals surface area contributed by atoms with E-state index in [2.05, 4.69) is 50.0 Å². The summed E-state index contributed by atoms with van der Waals surface area (Å²) >= 11 is 0. The molecule has 1 fully saturated rings. The van der Waals surface area contributed by atoms with Gasteiger partial charge in [-0.3, -0.25) is 0 Å². The summed E-state index contributed by atoms with van der Waals surface area (Å²) in [7, 11) is 0. The van der Waals surface area contributed by atoms with Crippen molar-refractivity contribution in [3.8, 4) is 0 Å². The fourth-order valence-corrected chi connectivity index (χ4v) is 1.91. The molecule has 1 saturated heterocycles. The smallest absolute Gasteiger partial charge is 0.116 e. The minimum atomic E-state index is 0.381. The van der Waals surface area contributed by atoms with E-state index in [1.165, 1.54) is 22.2 Å². The zero-order valence-corrected chi connectivity index (χ0v) is 12.5. The van der Waals surface area contributed by atoms with Crippen LogP contribution in [0.3, 0.4) is 0 Å². The first-order valence-electron chi connectivity index (χ1n) is 7.14. The topological polar surface area (TPSA) is 37.5 Å². The van der Waals surface area contributed by atoms with Gasteiger partial charge in [0.1, 0.15) is 12.7 Å². The van der Waals surface area contributed by atoms with Crippen molar-refractivity contribution in [1.82, 2.24) is 4.98 Å². The maximum absolute atomic E-state index is 5.09. The summed E-state index contributed by atoms with van der Waals surface area (Å²) in [5, 5.41) is 1.34. The highest BCUT2D eigenvalue weighted by Gasteiger charge is 2.22. The van der Waals surface area contributed by atoms with Crippen LogP contribution in [0.2, 0.25) is 0 Å². The lowest BCUT2D eigenvalue weighted by atomic mass is 10.2. The van der Waals surface area contributed by atoms with Gasteiger partial charge in [0.2, 0.25) is 0 Å². The number of aryl methyl sites for hydroxylation is 2. The number of hydrogen-bond donors (Lipinski definition) is 1. The van der Waals surface area contributed by atoms with Crippen molar-refractivity contribution in [3.63, 3.8) is 0 Å². The van der Waals surface area contributed by atoms with Crippen molar-refractivity contribution in [1.29, 1.82) is 0 Å². The zero-order valence-electron chi connectivity index (χ0n) is 12.5. The van der Waals surface area contributed by atoms with Gasteiger partial charge in [0.05, 0.1) is 12.9 Å². The molecule has 1 N–H and O–H groups in total. The van der Waals surface area contributed by atoms with Crippen molar-refractivity contribution >= 4 is 10.9 Å². The van der Waals surface area contributed by atoms with E-state index in [4.69, 9.17) is 9.47 Å². The zero-order chi connectivity index (χ0) is 14.4. The number of ether oxygens (including phenoxy) is 2. The number of aromatic nitrogens is 1. The molecule has 0 radical (unpaired) electrons. The van der Waals surface area contributed by atoms with Crippen LogP contribution in [0.1, 0.15) is 24.6 Å². The predicted molar refractivity (Wildman–Crippen MR) is 82.9 cm³/mol. The number of hydrogen-bond acceptors (Lipinski definition) is 2. The van der Waals surface area contributed by atoms with Crippen molar-refractivity contribution in [3.05, 3.63) is 47.9 Å². The van der Waals surface area contributed by atoms with Crippen LogP contribution < -0.4 is 0 Å². The summed E-state index contributed by atoms with van der Waals surface area (Å²) in [6, 6.07) is 8.38. The molecule has 2 heterocycles. The van der Waals surface area contributed by atoms with Crippen molar-refractivity contribution in [2.75, 3.05) is 13.2 Å². The molecule has 1 atom stereocenters. The molecular weight excluding hydrogens is 250 g/mol. The van der Waals surface area contributed by atoms with E-state index in [0.29, 0.717) is 6.10 Å². The normalized spacial score (nSPS) is 17.1. The van der Waals surface area contributed by atoms with Gasteiger partial charge in [0.25, 0.3) is 0 Å². The van der Waals surface area contributed by atoms with Crippen LogP contribution in [0.5, 0.6) is 0 Å². The summed E-state index contributed by atoms with van der Waals surface area (Å²) in [6.07, 6.45) is 5.14. The number of aromatic amines is 1. The molecule has 0 saturated carbocycles. The molecule has 0 bridgehead atoms. The maximum atomic E-state index is 5.09. The van der Waals surface area contributed by atoms with E-state index < -0.39 is 0 Å². The molecule has 3 rings (SSSR count). The second kappa shape index (κ2) is 7.15. The molecule has 0 spiro atoms. The van der Waals surface area contributed by atoms with Gasteiger partial charge in [0.15, 0.2) is 0 Å². The third-order valence-electron chi connectivity index (χ3n) is 3.33. The number of H-pyrrole nitrogens is 1. The van der Waals surface area contributed by atoms with E-state index in [1.54, 1.807) is 6.26 Å². The minimum absolute atomic E-state index is 0.381. The lowest BCUT2D eigenvalue weighted by Gasteiger charge is -1.92. The van der Waals surface area contributed by atoms with Crippen LogP contribution in [-0.4, -0.2) is 24.3 Å². The number of allylic oxidation sites excluding steroid dienone is 1. The Labute approximate surface area is 120 Å². The van der Waals surface area contributed by atoms with Crippen LogP contribution in [0.4, 0.5) is 0 Å². The van der Waals surface area contributed by atoms with E-state index in [9.17, 15) is 0 Å². The fourth-order valence-electron chi connectivity index (χ4n) is 1.91. The summed E-state index contributed by atoms with van der Waals surface area (Å²) in [4.78, 5) is 3.33. The van der Waals surface area contributed by atoms with Gasteiger partial charge in [-0.15, -0.1) is 0 Å². The number of rotatable bonds is 4. The molecule has 1 aliphatic rings. The second-order valence-electron chi connectivity index (χ2n) is 4.99. The first-order chi connectivity index (χ1) is 9.72. The van der Waals surface area contributed by atoms with Gasteiger partial charge >= 0.3 is 0 Å². The molecule has 2 aromatic rings. The lowest BCUT2D eigenvalue weighted by Crippen LogP contribution is -1.94. The van der Waals surface area contributed by atoms with Crippen molar-refractivity contribution in [2.45, 2.75) is 33.3 Å². The fraction of sp³-hybridized carbons (Fsp3) is 0.412. The predicted octanol–water partition coefficient (Wildman–Crippen LogP) is 4.11. The standard InChI is InChI=1S/C10H11N.C7H12O2/c1-7-8(2)11-10-6-4-3-5-9(7)10;1-2-3-4-8-5-7-6-9-7/h3-6,11H,1-2H3;3-4,7H,2,5-6H2,1H3/b;4-3+. The summed E-state index contributed by atoms with van der Waals surface area (Å²) in [6.45, 7) is 7.92. The monoisotopic (exact) mass is 273 g/mol.